The third-order valence-electron chi connectivity index (χ3n) is 3.99. The van der Waals surface area contributed by atoms with Crippen LogP contribution >= 0.6 is 0 Å². The Morgan fingerprint density at radius 1 is 1.07 bits per heavy atom. The molecule has 8 heteroatoms. The van der Waals surface area contributed by atoms with E-state index in [1.54, 1.807) is 18.2 Å². The summed E-state index contributed by atoms with van der Waals surface area (Å²) in [5.74, 6) is -0.532. The maximum Gasteiger partial charge on any atom is 0.328 e. The van der Waals surface area contributed by atoms with E-state index in [9.17, 15) is 18.8 Å². The fourth-order valence-electron chi connectivity index (χ4n) is 2.56. The summed E-state index contributed by atoms with van der Waals surface area (Å²) in [7, 11) is 0. The second-order valence-corrected chi connectivity index (χ2v) is 5.91. The van der Waals surface area contributed by atoms with E-state index in [4.69, 9.17) is 4.74 Å². The van der Waals surface area contributed by atoms with Crippen molar-refractivity contribution in [1.82, 2.24) is 14.9 Å². The number of amides is 1. The van der Waals surface area contributed by atoms with Gasteiger partial charge in [0.25, 0.3) is 11.5 Å². The SMILES string of the molecule is O=C(NCCOc1ccccc1)c1c[nH]c(=O)n(Cc2ccccc2F)c1=O. The number of carbonyl (C=O) groups is 1. The number of nitrogens with one attached hydrogen (secondary N) is 2. The summed E-state index contributed by atoms with van der Waals surface area (Å²) in [5.41, 5.74) is -1.59. The standard InChI is InChI=1S/C20H18FN3O4/c21-17-9-5-4-6-14(17)13-24-19(26)16(12-23-20(24)27)18(25)22-10-11-28-15-7-2-1-3-8-15/h1-9,12H,10-11,13H2,(H,22,25)(H,23,27). The van der Waals surface area contributed by atoms with Crippen molar-refractivity contribution >= 4 is 5.91 Å². The van der Waals surface area contributed by atoms with Crippen molar-refractivity contribution in [3.63, 3.8) is 0 Å². The van der Waals surface area contributed by atoms with Crippen molar-refractivity contribution in [3.05, 3.63) is 98.6 Å². The highest BCUT2D eigenvalue weighted by atomic mass is 19.1. The average molecular weight is 383 g/mol. The lowest BCUT2D eigenvalue weighted by atomic mass is 10.2. The lowest BCUT2D eigenvalue weighted by Gasteiger charge is -2.09. The molecule has 0 aliphatic heterocycles. The number of para-hydroxylation sites is 1. The third kappa shape index (κ3) is 4.53. The number of aromatic nitrogens is 2. The van der Waals surface area contributed by atoms with Crippen LogP contribution < -0.4 is 21.3 Å². The van der Waals surface area contributed by atoms with Gasteiger partial charge in [0.05, 0.1) is 13.1 Å². The number of hydrogen-bond donors (Lipinski definition) is 2. The van der Waals surface area contributed by atoms with Crippen molar-refractivity contribution in [2.45, 2.75) is 6.54 Å². The second-order valence-electron chi connectivity index (χ2n) is 5.91. The van der Waals surface area contributed by atoms with E-state index in [1.165, 1.54) is 18.2 Å². The summed E-state index contributed by atoms with van der Waals surface area (Å²) < 4.78 is 20.1. The van der Waals surface area contributed by atoms with E-state index >= 15 is 0 Å². The first-order valence-electron chi connectivity index (χ1n) is 8.58. The second kappa shape index (κ2) is 8.81. The predicted octanol–water partition coefficient (Wildman–Crippen LogP) is 1.53. The Balaban J connectivity index is 1.68. The minimum Gasteiger partial charge on any atom is -0.492 e. The van der Waals surface area contributed by atoms with Gasteiger partial charge in [-0.05, 0) is 18.2 Å². The Kier molecular flexibility index (Phi) is 6.01. The fraction of sp³-hybridized carbons (Fsp3) is 0.150. The van der Waals surface area contributed by atoms with Crippen LogP contribution in [-0.4, -0.2) is 28.6 Å². The fourth-order valence-corrected chi connectivity index (χ4v) is 2.56. The monoisotopic (exact) mass is 383 g/mol. The van der Waals surface area contributed by atoms with E-state index < -0.39 is 23.0 Å². The molecule has 0 bridgehead atoms. The number of nitrogens with zero attached hydrogens (tertiary/aromatic N) is 1. The van der Waals surface area contributed by atoms with Crippen LogP contribution in [0.5, 0.6) is 5.75 Å². The van der Waals surface area contributed by atoms with Crippen molar-refractivity contribution < 1.29 is 13.9 Å². The van der Waals surface area contributed by atoms with Crippen LogP contribution in [0.15, 0.2) is 70.4 Å². The summed E-state index contributed by atoms with van der Waals surface area (Å²) in [6, 6.07) is 14.9. The van der Waals surface area contributed by atoms with Gasteiger partial charge >= 0.3 is 5.69 Å². The van der Waals surface area contributed by atoms with Crippen molar-refractivity contribution in [2.24, 2.45) is 0 Å². The third-order valence-corrected chi connectivity index (χ3v) is 3.99. The number of ether oxygens (including phenoxy) is 1. The molecule has 0 saturated heterocycles. The van der Waals surface area contributed by atoms with Gasteiger partial charge in [-0.1, -0.05) is 36.4 Å². The summed E-state index contributed by atoms with van der Waals surface area (Å²) in [6.45, 7) is 0.0984. The Labute approximate surface area is 159 Å². The molecule has 0 radical (unpaired) electrons. The molecule has 0 spiro atoms. The Morgan fingerprint density at radius 2 is 1.79 bits per heavy atom. The molecular formula is C20H18FN3O4. The molecule has 1 aromatic heterocycles. The molecular weight excluding hydrogens is 365 g/mol. The van der Waals surface area contributed by atoms with Crippen molar-refractivity contribution in [1.29, 1.82) is 0 Å². The summed E-state index contributed by atoms with van der Waals surface area (Å²) >= 11 is 0. The van der Waals surface area contributed by atoms with Crippen LogP contribution in [0.25, 0.3) is 0 Å². The van der Waals surface area contributed by atoms with Crippen LogP contribution in [0, 0.1) is 5.82 Å². The van der Waals surface area contributed by atoms with E-state index in [2.05, 4.69) is 10.3 Å². The number of H-pyrrole nitrogens is 1. The molecule has 1 heterocycles. The first-order valence-corrected chi connectivity index (χ1v) is 8.58. The molecule has 144 valence electrons. The maximum atomic E-state index is 13.8. The van der Waals surface area contributed by atoms with Crippen LogP contribution in [0.1, 0.15) is 15.9 Å². The molecule has 0 unspecified atom stereocenters. The highest BCUT2D eigenvalue weighted by molar-refractivity contribution is 5.93. The zero-order valence-corrected chi connectivity index (χ0v) is 14.9. The Hall–Kier alpha value is -3.68. The van der Waals surface area contributed by atoms with Gasteiger partial charge in [0.15, 0.2) is 0 Å². The highest BCUT2D eigenvalue weighted by Crippen LogP contribution is 2.08. The topological polar surface area (TPSA) is 93.2 Å². The molecule has 0 aliphatic rings. The van der Waals surface area contributed by atoms with Gasteiger partial charge in [-0.25, -0.2) is 9.18 Å². The highest BCUT2D eigenvalue weighted by Gasteiger charge is 2.15. The Bertz CT molecular complexity index is 1080. The molecule has 0 aliphatic carbocycles. The average Bonchev–Trinajstić information content (AvgIpc) is 2.70. The smallest absolute Gasteiger partial charge is 0.328 e. The molecule has 3 aromatic rings. The normalized spacial score (nSPS) is 10.5. The number of hydrogen-bond acceptors (Lipinski definition) is 4. The van der Waals surface area contributed by atoms with Crippen LogP contribution in [0.2, 0.25) is 0 Å². The number of benzene rings is 2. The van der Waals surface area contributed by atoms with Gasteiger partial charge in [0.2, 0.25) is 0 Å². The van der Waals surface area contributed by atoms with Crippen LogP contribution in [0.3, 0.4) is 0 Å². The first kappa shape index (κ1) is 19.1. The van der Waals surface area contributed by atoms with Gasteiger partial charge in [-0.15, -0.1) is 0 Å². The maximum absolute atomic E-state index is 13.8. The summed E-state index contributed by atoms with van der Waals surface area (Å²) in [4.78, 5) is 39.1. The minimum atomic E-state index is -0.798. The minimum absolute atomic E-state index is 0.166. The van der Waals surface area contributed by atoms with Gasteiger partial charge in [-0.2, -0.15) is 0 Å². The molecule has 28 heavy (non-hydrogen) atoms. The predicted molar refractivity (Wildman–Crippen MR) is 101 cm³/mol. The van der Waals surface area contributed by atoms with Gasteiger partial charge in [-0.3, -0.25) is 14.2 Å². The zero-order valence-electron chi connectivity index (χ0n) is 14.9. The molecule has 0 atom stereocenters. The van der Waals surface area contributed by atoms with E-state index in [0.29, 0.717) is 5.75 Å². The molecule has 0 fully saturated rings. The summed E-state index contributed by atoms with van der Waals surface area (Å²) in [6.07, 6.45) is 1.05. The van der Waals surface area contributed by atoms with E-state index in [0.717, 1.165) is 10.8 Å². The van der Waals surface area contributed by atoms with Gasteiger partial charge in [0, 0.05) is 11.8 Å². The molecule has 0 saturated carbocycles. The number of aromatic amines is 1. The number of halogens is 1. The zero-order chi connectivity index (χ0) is 19.9. The largest absolute Gasteiger partial charge is 0.492 e. The Morgan fingerprint density at radius 3 is 2.54 bits per heavy atom. The summed E-state index contributed by atoms with van der Waals surface area (Å²) in [5, 5.41) is 2.56. The van der Waals surface area contributed by atoms with Crippen molar-refractivity contribution in [3.8, 4) is 5.75 Å². The van der Waals surface area contributed by atoms with Crippen molar-refractivity contribution in [2.75, 3.05) is 13.2 Å². The van der Waals surface area contributed by atoms with E-state index in [1.807, 2.05) is 18.2 Å². The molecule has 7 nitrogen and oxygen atoms in total. The molecule has 3 rings (SSSR count). The number of rotatable bonds is 7. The first-order chi connectivity index (χ1) is 13.6. The quantitative estimate of drug-likeness (QED) is 0.605. The lowest BCUT2D eigenvalue weighted by Crippen LogP contribution is -2.41. The molecule has 2 aromatic carbocycles. The lowest BCUT2D eigenvalue weighted by molar-refractivity contribution is 0.0944. The number of carbonyl (C=O) groups excluding carboxylic acids is 1. The molecule has 1 amide bonds. The van der Waals surface area contributed by atoms with Crippen LogP contribution in [-0.2, 0) is 6.54 Å². The van der Waals surface area contributed by atoms with E-state index in [-0.39, 0.29) is 30.8 Å². The van der Waals surface area contributed by atoms with Gasteiger partial charge < -0.3 is 15.0 Å². The molecule has 2 N–H and O–H groups in total. The van der Waals surface area contributed by atoms with Crippen LogP contribution in [0.4, 0.5) is 4.39 Å². The van der Waals surface area contributed by atoms with Gasteiger partial charge in [0.1, 0.15) is 23.7 Å².